The minimum absolute atomic E-state index is 0.0340. The molecule has 0 spiro atoms. The first kappa shape index (κ1) is 35.7. The SMILES string of the molecule is O=C(O)CN1CCN(CC(=O)O)CCN(CC(=O)NCCNCC2O[C@H](O)C(O)C(O)[C@@H]2O)CCN(CC(=O)O)CC1. The van der Waals surface area contributed by atoms with Gasteiger partial charge in [0.2, 0.25) is 5.91 Å². The fourth-order valence-corrected chi connectivity index (χ4v) is 4.68. The molecule has 0 bridgehead atoms. The summed E-state index contributed by atoms with van der Waals surface area (Å²) in [7, 11) is 0. The maximum atomic E-state index is 12.7. The molecule has 0 aromatic rings. The van der Waals surface area contributed by atoms with Crippen LogP contribution in [0.2, 0.25) is 0 Å². The Balaban J connectivity index is 1.90. The summed E-state index contributed by atoms with van der Waals surface area (Å²) in [6.07, 6.45) is -7.23. The van der Waals surface area contributed by atoms with Crippen LogP contribution in [0, 0.1) is 0 Å². The molecule has 2 heterocycles. The second-order valence-corrected chi connectivity index (χ2v) is 10.4. The van der Waals surface area contributed by atoms with Crippen LogP contribution in [0.3, 0.4) is 0 Å². The molecule has 242 valence electrons. The molecule has 2 rings (SSSR count). The Morgan fingerprint density at radius 2 is 1.00 bits per heavy atom. The first-order chi connectivity index (χ1) is 19.8. The Labute approximate surface area is 243 Å². The number of hydrogen-bond acceptors (Lipinski definition) is 14. The van der Waals surface area contributed by atoms with Crippen molar-refractivity contribution in [2.45, 2.75) is 30.7 Å². The topological polar surface area (TPSA) is 256 Å². The number of aliphatic carboxylic acids is 3. The minimum atomic E-state index is -1.64. The molecule has 1 amide bonds. The van der Waals surface area contributed by atoms with Gasteiger partial charge in [-0.3, -0.25) is 38.8 Å². The summed E-state index contributed by atoms with van der Waals surface area (Å²) in [6, 6.07) is 0. The summed E-state index contributed by atoms with van der Waals surface area (Å²) in [6.45, 7) is 1.97. The van der Waals surface area contributed by atoms with E-state index in [1.807, 2.05) is 0 Å². The zero-order chi connectivity index (χ0) is 31.2. The van der Waals surface area contributed by atoms with Gasteiger partial charge in [0.05, 0.1) is 26.2 Å². The van der Waals surface area contributed by atoms with Gasteiger partial charge in [-0.15, -0.1) is 0 Å². The standard InChI is InChI=1S/C24H44N6O12/c31-17(26-2-1-25-11-16-21(38)22(39)23(40)24(41)42-16)12-27-3-5-28(13-18(32)33)7-9-30(15-20(36)37)10-8-29(6-4-27)14-19(34)35/h16,21-25,38-41H,1-15H2,(H,26,31)(H,32,33)(H,34,35)(H,36,37)/t16?,21-,22?,23?,24+/m1/s1. The molecular formula is C24H44N6O12. The van der Waals surface area contributed by atoms with Crippen molar-refractivity contribution < 1.29 is 59.7 Å². The molecule has 2 fully saturated rings. The third-order valence-electron chi connectivity index (χ3n) is 7.03. The van der Waals surface area contributed by atoms with Gasteiger partial charge >= 0.3 is 17.9 Å². The number of carboxylic acid groups (broad SMARTS) is 3. The number of carbonyl (C=O) groups is 4. The molecule has 42 heavy (non-hydrogen) atoms. The van der Waals surface area contributed by atoms with E-state index in [-0.39, 0.29) is 91.0 Å². The number of aliphatic hydroxyl groups is 4. The molecule has 5 atom stereocenters. The van der Waals surface area contributed by atoms with Crippen molar-refractivity contribution in [3.05, 3.63) is 0 Å². The summed E-state index contributed by atoms with van der Waals surface area (Å²) >= 11 is 0. The van der Waals surface area contributed by atoms with Crippen molar-refractivity contribution in [2.24, 2.45) is 0 Å². The molecule has 0 aromatic heterocycles. The number of carboxylic acids is 3. The molecule has 2 aliphatic heterocycles. The van der Waals surface area contributed by atoms with E-state index in [0.29, 0.717) is 13.1 Å². The molecule has 2 saturated heterocycles. The zero-order valence-electron chi connectivity index (χ0n) is 23.5. The van der Waals surface area contributed by atoms with Gasteiger partial charge in [0.25, 0.3) is 0 Å². The molecule has 0 saturated carbocycles. The lowest BCUT2D eigenvalue weighted by atomic mass is 9.99. The molecule has 0 aromatic carbocycles. The smallest absolute Gasteiger partial charge is 0.317 e. The van der Waals surface area contributed by atoms with Crippen molar-refractivity contribution in [3.8, 4) is 0 Å². The van der Waals surface area contributed by atoms with E-state index >= 15 is 0 Å². The number of ether oxygens (including phenoxy) is 1. The summed E-state index contributed by atoms with van der Waals surface area (Å²) in [5.74, 6) is -3.44. The van der Waals surface area contributed by atoms with E-state index < -0.39 is 48.6 Å². The highest BCUT2D eigenvalue weighted by molar-refractivity contribution is 5.78. The molecular weight excluding hydrogens is 564 g/mol. The van der Waals surface area contributed by atoms with Crippen molar-refractivity contribution >= 4 is 23.8 Å². The lowest BCUT2D eigenvalue weighted by Crippen LogP contribution is -2.59. The minimum Gasteiger partial charge on any atom is -0.480 e. The highest BCUT2D eigenvalue weighted by Gasteiger charge is 2.42. The summed E-state index contributed by atoms with van der Waals surface area (Å²) in [4.78, 5) is 53.5. The Hall–Kier alpha value is -2.52. The Kier molecular flexibility index (Phi) is 15.5. The van der Waals surface area contributed by atoms with E-state index in [2.05, 4.69) is 10.6 Å². The number of hydrogen-bond donors (Lipinski definition) is 9. The van der Waals surface area contributed by atoms with E-state index in [1.54, 1.807) is 19.6 Å². The third kappa shape index (κ3) is 13.2. The van der Waals surface area contributed by atoms with Gasteiger partial charge < -0.3 is 51.1 Å². The van der Waals surface area contributed by atoms with E-state index in [9.17, 15) is 54.9 Å². The van der Waals surface area contributed by atoms with Crippen molar-refractivity contribution in [2.75, 3.05) is 98.2 Å². The van der Waals surface area contributed by atoms with E-state index in [0.717, 1.165) is 0 Å². The van der Waals surface area contributed by atoms with Gasteiger partial charge in [0.15, 0.2) is 6.29 Å². The number of amides is 1. The predicted octanol–water partition coefficient (Wildman–Crippen LogP) is -6.03. The number of aliphatic hydroxyl groups excluding tert-OH is 4. The number of nitrogens with one attached hydrogen (secondary N) is 2. The number of carbonyl (C=O) groups excluding carboxylic acids is 1. The maximum Gasteiger partial charge on any atom is 0.317 e. The van der Waals surface area contributed by atoms with Gasteiger partial charge in [0.1, 0.15) is 24.4 Å². The molecule has 0 radical (unpaired) electrons. The number of rotatable bonds is 13. The van der Waals surface area contributed by atoms with Crippen LogP contribution >= 0.6 is 0 Å². The molecule has 9 N–H and O–H groups in total. The van der Waals surface area contributed by atoms with Crippen LogP contribution in [0.15, 0.2) is 0 Å². The van der Waals surface area contributed by atoms with Crippen LogP contribution in [0.5, 0.6) is 0 Å². The van der Waals surface area contributed by atoms with E-state index in [4.69, 9.17) is 4.74 Å². The van der Waals surface area contributed by atoms with Crippen LogP contribution in [-0.2, 0) is 23.9 Å². The zero-order valence-corrected chi connectivity index (χ0v) is 23.5. The van der Waals surface area contributed by atoms with Crippen LogP contribution < -0.4 is 10.6 Å². The summed E-state index contributed by atoms with van der Waals surface area (Å²) < 4.78 is 5.08. The van der Waals surface area contributed by atoms with Gasteiger partial charge in [-0.2, -0.15) is 0 Å². The van der Waals surface area contributed by atoms with Gasteiger partial charge in [-0.1, -0.05) is 0 Å². The van der Waals surface area contributed by atoms with Crippen LogP contribution in [0.25, 0.3) is 0 Å². The average molecular weight is 609 g/mol. The largest absolute Gasteiger partial charge is 0.480 e. The lowest BCUT2D eigenvalue weighted by Gasteiger charge is -2.38. The fourth-order valence-electron chi connectivity index (χ4n) is 4.68. The van der Waals surface area contributed by atoms with Crippen molar-refractivity contribution in [1.82, 2.24) is 30.2 Å². The van der Waals surface area contributed by atoms with Crippen molar-refractivity contribution in [1.29, 1.82) is 0 Å². The highest BCUT2D eigenvalue weighted by atomic mass is 16.6. The van der Waals surface area contributed by atoms with Crippen molar-refractivity contribution in [3.63, 3.8) is 0 Å². The second-order valence-electron chi connectivity index (χ2n) is 10.4. The Bertz CT molecular complexity index is 853. The second kappa shape index (κ2) is 18.2. The van der Waals surface area contributed by atoms with Crippen LogP contribution in [-0.4, -0.2) is 208 Å². The molecule has 18 nitrogen and oxygen atoms in total. The van der Waals surface area contributed by atoms with Gasteiger partial charge in [0, 0.05) is 72.0 Å². The molecule has 2 aliphatic rings. The quantitative estimate of drug-likeness (QED) is 0.0882. The first-order valence-corrected chi connectivity index (χ1v) is 13.8. The Morgan fingerprint density at radius 1 is 0.595 bits per heavy atom. The average Bonchev–Trinajstić information content (AvgIpc) is 2.90. The maximum absolute atomic E-state index is 12.7. The third-order valence-corrected chi connectivity index (χ3v) is 7.03. The predicted molar refractivity (Wildman–Crippen MR) is 143 cm³/mol. The first-order valence-electron chi connectivity index (χ1n) is 13.8. The molecule has 18 heteroatoms. The van der Waals surface area contributed by atoms with Crippen LogP contribution in [0.1, 0.15) is 0 Å². The molecule has 0 aliphatic carbocycles. The normalized spacial score (nSPS) is 28.0. The lowest BCUT2D eigenvalue weighted by molar-refractivity contribution is -0.280. The fraction of sp³-hybridized carbons (Fsp3) is 0.833. The van der Waals surface area contributed by atoms with Gasteiger partial charge in [-0.25, -0.2) is 0 Å². The molecule has 3 unspecified atom stereocenters. The van der Waals surface area contributed by atoms with Crippen LogP contribution in [0.4, 0.5) is 0 Å². The summed E-state index contributed by atoms with van der Waals surface area (Å²) in [5.41, 5.74) is 0. The van der Waals surface area contributed by atoms with E-state index in [1.165, 1.54) is 0 Å². The number of nitrogens with zero attached hydrogens (tertiary/aromatic N) is 4. The summed E-state index contributed by atoms with van der Waals surface area (Å²) in [5, 5.41) is 72.4. The van der Waals surface area contributed by atoms with Gasteiger partial charge in [-0.05, 0) is 0 Å². The Morgan fingerprint density at radius 3 is 1.40 bits per heavy atom. The highest BCUT2D eigenvalue weighted by Crippen LogP contribution is 2.19. The monoisotopic (exact) mass is 608 g/mol.